The number of rotatable bonds is 4. The zero-order valence-electron chi connectivity index (χ0n) is 17.3. The van der Waals surface area contributed by atoms with Gasteiger partial charge in [0, 0.05) is 38.4 Å². The summed E-state index contributed by atoms with van der Waals surface area (Å²) < 4.78 is 39.9. The molecule has 0 unspecified atom stereocenters. The van der Waals surface area contributed by atoms with Crippen LogP contribution >= 0.6 is 0 Å². The van der Waals surface area contributed by atoms with Crippen LogP contribution in [0.4, 0.5) is 30.6 Å². The van der Waals surface area contributed by atoms with Gasteiger partial charge >= 0.3 is 6.18 Å². The van der Waals surface area contributed by atoms with Gasteiger partial charge in [0.15, 0.2) is 0 Å². The number of pyridine rings is 1. The molecule has 1 N–H and O–H groups in total. The average Bonchev–Trinajstić information content (AvgIpc) is 2.78. The van der Waals surface area contributed by atoms with Crippen molar-refractivity contribution in [2.75, 3.05) is 36.4 Å². The van der Waals surface area contributed by atoms with Gasteiger partial charge in [-0.3, -0.25) is 4.79 Å². The van der Waals surface area contributed by atoms with E-state index >= 15 is 0 Å². The van der Waals surface area contributed by atoms with Crippen molar-refractivity contribution in [2.24, 2.45) is 0 Å². The molecule has 0 saturated carbocycles. The van der Waals surface area contributed by atoms with Gasteiger partial charge in [-0.1, -0.05) is 18.2 Å². The molecule has 10 heteroatoms. The number of piperazine rings is 1. The molecule has 2 aromatic heterocycles. The molecule has 1 fully saturated rings. The Kier molecular flexibility index (Phi) is 5.93. The minimum Gasteiger partial charge on any atom is -0.353 e. The summed E-state index contributed by atoms with van der Waals surface area (Å²) in [7, 11) is 0. The van der Waals surface area contributed by atoms with Gasteiger partial charge < -0.3 is 15.1 Å². The van der Waals surface area contributed by atoms with Crippen LogP contribution in [0.1, 0.15) is 21.7 Å². The maximum atomic E-state index is 13.3. The number of nitrogens with one attached hydrogen (secondary N) is 1. The molecule has 0 atom stereocenters. The van der Waals surface area contributed by atoms with Crippen LogP contribution in [0.3, 0.4) is 0 Å². The second kappa shape index (κ2) is 8.81. The second-order valence-corrected chi connectivity index (χ2v) is 7.32. The maximum Gasteiger partial charge on any atom is 0.417 e. The summed E-state index contributed by atoms with van der Waals surface area (Å²) >= 11 is 0. The van der Waals surface area contributed by atoms with Crippen LogP contribution in [0.5, 0.6) is 0 Å². The van der Waals surface area contributed by atoms with Crippen LogP contribution in [-0.2, 0) is 6.18 Å². The van der Waals surface area contributed by atoms with Crippen molar-refractivity contribution in [1.29, 1.82) is 0 Å². The maximum absolute atomic E-state index is 13.3. The SMILES string of the molecule is Cc1nc(Nc2ccccn2)cc(N2CCN(C(=O)c3ccccc3C(F)(F)F)CC2)n1. The Morgan fingerprint density at radius 1 is 0.969 bits per heavy atom. The van der Waals surface area contributed by atoms with Gasteiger partial charge in [-0.25, -0.2) is 15.0 Å². The lowest BCUT2D eigenvalue weighted by molar-refractivity contribution is -0.138. The van der Waals surface area contributed by atoms with Crippen LogP contribution in [0.2, 0.25) is 0 Å². The Balaban J connectivity index is 1.46. The zero-order valence-corrected chi connectivity index (χ0v) is 17.3. The summed E-state index contributed by atoms with van der Waals surface area (Å²) in [6, 6.07) is 12.2. The van der Waals surface area contributed by atoms with Crippen molar-refractivity contribution < 1.29 is 18.0 Å². The minimum absolute atomic E-state index is 0.289. The molecule has 166 valence electrons. The lowest BCUT2D eigenvalue weighted by Gasteiger charge is -2.36. The smallest absolute Gasteiger partial charge is 0.353 e. The molecule has 1 aliphatic heterocycles. The van der Waals surface area contributed by atoms with Crippen molar-refractivity contribution in [2.45, 2.75) is 13.1 Å². The van der Waals surface area contributed by atoms with Gasteiger partial charge in [-0.05, 0) is 31.2 Å². The van der Waals surface area contributed by atoms with Crippen LogP contribution in [-0.4, -0.2) is 51.9 Å². The third-order valence-electron chi connectivity index (χ3n) is 5.10. The molecule has 1 amide bonds. The van der Waals surface area contributed by atoms with Gasteiger partial charge in [-0.2, -0.15) is 13.2 Å². The van der Waals surface area contributed by atoms with Gasteiger partial charge in [0.05, 0.1) is 11.1 Å². The standard InChI is InChI=1S/C22H21F3N6O/c1-15-27-19(29-18-8-4-5-9-26-18)14-20(28-15)30-10-12-31(13-11-30)21(32)16-6-2-3-7-17(16)22(23,24)25/h2-9,14H,10-13H2,1H3,(H,26,27,28,29). The van der Waals surface area contributed by atoms with E-state index < -0.39 is 17.6 Å². The largest absolute Gasteiger partial charge is 0.417 e. The molecule has 1 aromatic carbocycles. The molecular weight excluding hydrogens is 421 g/mol. The highest BCUT2D eigenvalue weighted by atomic mass is 19.4. The molecule has 3 aromatic rings. The van der Waals surface area contributed by atoms with Gasteiger partial charge in [0.2, 0.25) is 0 Å². The van der Waals surface area contributed by atoms with E-state index in [-0.39, 0.29) is 18.7 Å². The Labute approximate surface area is 182 Å². The number of halogens is 3. The van der Waals surface area contributed by atoms with Gasteiger partial charge in [-0.15, -0.1) is 0 Å². The highest BCUT2D eigenvalue weighted by Gasteiger charge is 2.36. The quantitative estimate of drug-likeness (QED) is 0.661. The lowest BCUT2D eigenvalue weighted by Crippen LogP contribution is -2.49. The molecule has 0 spiro atoms. The van der Waals surface area contributed by atoms with Gasteiger partial charge in [0.1, 0.15) is 23.3 Å². The summed E-state index contributed by atoms with van der Waals surface area (Å²) in [5.41, 5.74) is -1.24. The Morgan fingerprint density at radius 3 is 2.38 bits per heavy atom. The number of anilines is 3. The molecule has 0 aliphatic carbocycles. The number of alkyl halides is 3. The van der Waals surface area contributed by atoms with Gasteiger partial charge in [0.25, 0.3) is 5.91 Å². The Morgan fingerprint density at radius 2 is 1.69 bits per heavy atom. The normalized spacial score (nSPS) is 14.4. The molecular formula is C22H21F3N6O. The number of hydrogen-bond acceptors (Lipinski definition) is 6. The number of nitrogens with zero attached hydrogens (tertiary/aromatic N) is 5. The molecule has 0 bridgehead atoms. The summed E-state index contributed by atoms with van der Waals surface area (Å²) in [6.45, 7) is 3.24. The fourth-order valence-corrected chi connectivity index (χ4v) is 3.57. The fourth-order valence-electron chi connectivity index (χ4n) is 3.57. The fraction of sp³-hybridized carbons (Fsp3) is 0.273. The summed E-state index contributed by atoms with van der Waals surface area (Å²) in [5.74, 6) is 1.87. The van der Waals surface area contributed by atoms with E-state index in [1.807, 2.05) is 23.1 Å². The monoisotopic (exact) mass is 442 g/mol. The number of benzene rings is 1. The molecule has 7 nitrogen and oxygen atoms in total. The first-order chi connectivity index (χ1) is 15.3. The number of carbonyl (C=O) groups is 1. The van der Waals surface area contributed by atoms with E-state index in [1.54, 1.807) is 19.2 Å². The lowest BCUT2D eigenvalue weighted by atomic mass is 10.1. The van der Waals surface area contributed by atoms with Crippen molar-refractivity contribution in [3.8, 4) is 0 Å². The number of aryl methyl sites for hydroxylation is 1. The number of hydrogen-bond donors (Lipinski definition) is 1. The van der Waals surface area contributed by atoms with Crippen LogP contribution in [0.15, 0.2) is 54.7 Å². The van der Waals surface area contributed by atoms with Crippen molar-refractivity contribution in [1.82, 2.24) is 19.9 Å². The summed E-state index contributed by atoms with van der Waals surface area (Å²) in [4.78, 5) is 29.3. The van der Waals surface area contributed by atoms with Crippen molar-refractivity contribution in [3.63, 3.8) is 0 Å². The van der Waals surface area contributed by atoms with Crippen LogP contribution in [0.25, 0.3) is 0 Å². The third kappa shape index (κ3) is 4.79. The van der Waals surface area contributed by atoms with E-state index in [1.165, 1.54) is 23.1 Å². The molecule has 0 radical (unpaired) electrons. The molecule has 1 aliphatic rings. The van der Waals surface area contributed by atoms with Crippen LogP contribution in [0, 0.1) is 6.92 Å². The van der Waals surface area contributed by atoms with E-state index in [2.05, 4.69) is 20.3 Å². The first-order valence-corrected chi connectivity index (χ1v) is 10.1. The van der Waals surface area contributed by atoms with E-state index in [0.717, 1.165) is 6.07 Å². The van der Waals surface area contributed by atoms with Crippen molar-refractivity contribution >= 4 is 23.4 Å². The first-order valence-electron chi connectivity index (χ1n) is 10.1. The predicted molar refractivity (Wildman–Crippen MR) is 114 cm³/mol. The zero-order chi connectivity index (χ0) is 22.7. The number of carbonyl (C=O) groups excluding carboxylic acids is 1. The summed E-state index contributed by atoms with van der Waals surface area (Å²) in [5, 5.41) is 3.13. The van der Waals surface area contributed by atoms with E-state index in [4.69, 9.17) is 0 Å². The van der Waals surface area contributed by atoms with E-state index in [0.29, 0.717) is 36.4 Å². The second-order valence-electron chi connectivity index (χ2n) is 7.32. The molecule has 32 heavy (non-hydrogen) atoms. The summed E-state index contributed by atoms with van der Waals surface area (Å²) in [6.07, 6.45) is -2.91. The van der Waals surface area contributed by atoms with Crippen LogP contribution < -0.4 is 10.2 Å². The first kappa shape index (κ1) is 21.5. The highest BCUT2D eigenvalue weighted by Crippen LogP contribution is 2.32. The minimum atomic E-state index is -4.58. The molecule has 4 rings (SSSR count). The average molecular weight is 442 g/mol. The Bertz CT molecular complexity index is 1100. The third-order valence-corrected chi connectivity index (χ3v) is 5.10. The topological polar surface area (TPSA) is 74.2 Å². The predicted octanol–water partition coefficient (Wildman–Crippen LogP) is 3.90. The van der Waals surface area contributed by atoms with E-state index in [9.17, 15) is 18.0 Å². The van der Waals surface area contributed by atoms with Crippen molar-refractivity contribution in [3.05, 3.63) is 71.7 Å². The molecule has 1 saturated heterocycles. The number of amides is 1. The molecule has 3 heterocycles. The Hall–Kier alpha value is -3.69. The highest BCUT2D eigenvalue weighted by molar-refractivity contribution is 5.96. The number of aromatic nitrogens is 3.